The highest BCUT2D eigenvalue weighted by Gasteiger charge is 2.30. The van der Waals surface area contributed by atoms with Gasteiger partial charge in [0.25, 0.3) is 5.91 Å². The second-order valence-corrected chi connectivity index (χ2v) is 4.18. The van der Waals surface area contributed by atoms with Crippen LogP contribution in [0.4, 0.5) is 4.39 Å². The van der Waals surface area contributed by atoms with Crippen LogP contribution in [0.5, 0.6) is 5.75 Å². The van der Waals surface area contributed by atoms with Crippen molar-refractivity contribution in [1.29, 1.82) is 0 Å². The van der Waals surface area contributed by atoms with Crippen molar-refractivity contribution in [2.45, 2.75) is 19.4 Å². The Morgan fingerprint density at radius 1 is 1.32 bits per heavy atom. The number of hydrogen-bond donors (Lipinski definition) is 2. The lowest BCUT2D eigenvalue weighted by atomic mass is 10.1. The maximum atomic E-state index is 12.7. The van der Waals surface area contributed by atoms with Crippen LogP contribution in [0.15, 0.2) is 24.3 Å². The molecular formula is C12H14FNO5. The number of halogens is 1. The number of rotatable bonds is 6. The Hall–Kier alpha value is -2.15. The largest absolute Gasteiger partial charge is 0.479 e. The number of carbonyl (C=O) groups excluding carboxylic acids is 1. The zero-order valence-corrected chi connectivity index (χ0v) is 10.5. The van der Waals surface area contributed by atoms with Gasteiger partial charge in [0.2, 0.25) is 0 Å². The smallest absolute Gasteiger partial charge is 0.332 e. The molecule has 1 amide bonds. The van der Waals surface area contributed by atoms with Crippen molar-refractivity contribution < 1.29 is 28.7 Å². The topological polar surface area (TPSA) is 84.9 Å². The molecule has 0 aliphatic heterocycles. The molecule has 0 aliphatic carbocycles. The minimum atomic E-state index is -1.30. The summed E-state index contributed by atoms with van der Waals surface area (Å²) < 4.78 is 18.1. The molecule has 1 rings (SSSR count). The molecule has 1 aromatic carbocycles. The number of carbonyl (C=O) groups is 2. The molecule has 0 unspecified atom stereocenters. The molecule has 2 N–H and O–H groups in total. The first-order chi connectivity index (χ1) is 8.81. The standard InChI is InChI=1S/C12H14FNO5/c1-12(2,11(17)14-18-7-10(15)16)19-9-5-3-8(13)4-6-9/h3-6H,7H2,1-2H3,(H,14,17)(H,15,16). The van der Waals surface area contributed by atoms with E-state index >= 15 is 0 Å². The summed E-state index contributed by atoms with van der Waals surface area (Å²) in [5, 5.41) is 8.35. The van der Waals surface area contributed by atoms with E-state index in [1.807, 2.05) is 5.48 Å². The lowest BCUT2D eigenvalue weighted by molar-refractivity contribution is -0.155. The molecule has 104 valence electrons. The number of carboxylic acids is 1. The van der Waals surface area contributed by atoms with Crippen molar-refractivity contribution in [1.82, 2.24) is 5.48 Å². The number of aliphatic carboxylic acids is 1. The monoisotopic (exact) mass is 271 g/mol. The van der Waals surface area contributed by atoms with Crippen molar-refractivity contribution in [3.63, 3.8) is 0 Å². The maximum absolute atomic E-state index is 12.7. The number of hydroxylamine groups is 1. The van der Waals surface area contributed by atoms with Crippen LogP contribution in [-0.2, 0) is 14.4 Å². The molecule has 0 atom stereocenters. The summed E-state index contributed by atoms with van der Waals surface area (Å²) in [7, 11) is 0. The van der Waals surface area contributed by atoms with E-state index < -0.39 is 29.9 Å². The SMILES string of the molecule is CC(C)(Oc1ccc(F)cc1)C(=O)NOCC(=O)O. The quantitative estimate of drug-likeness (QED) is 0.757. The molecule has 0 radical (unpaired) electrons. The van der Waals surface area contributed by atoms with Gasteiger partial charge in [-0.3, -0.25) is 9.63 Å². The van der Waals surface area contributed by atoms with E-state index in [4.69, 9.17) is 9.84 Å². The van der Waals surface area contributed by atoms with Gasteiger partial charge in [-0.05, 0) is 38.1 Å². The predicted molar refractivity (Wildman–Crippen MR) is 62.8 cm³/mol. The zero-order chi connectivity index (χ0) is 14.5. The highest BCUT2D eigenvalue weighted by atomic mass is 19.1. The molecule has 0 spiro atoms. The van der Waals surface area contributed by atoms with Gasteiger partial charge in [0.15, 0.2) is 12.2 Å². The third kappa shape index (κ3) is 4.92. The van der Waals surface area contributed by atoms with Crippen LogP contribution in [0.2, 0.25) is 0 Å². The number of benzene rings is 1. The Kier molecular flexibility index (Phi) is 4.82. The summed E-state index contributed by atoms with van der Waals surface area (Å²) in [6.45, 7) is 2.28. The third-order valence-corrected chi connectivity index (χ3v) is 2.09. The molecule has 0 saturated heterocycles. The fourth-order valence-corrected chi connectivity index (χ4v) is 1.13. The number of amides is 1. The van der Waals surface area contributed by atoms with Crippen LogP contribution in [0.25, 0.3) is 0 Å². The Labute approximate surface area is 109 Å². The van der Waals surface area contributed by atoms with Crippen molar-refractivity contribution in [2.24, 2.45) is 0 Å². The van der Waals surface area contributed by atoms with E-state index in [1.54, 1.807) is 0 Å². The van der Waals surface area contributed by atoms with Gasteiger partial charge in [0, 0.05) is 0 Å². The van der Waals surface area contributed by atoms with Gasteiger partial charge in [-0.25, -0.2) is 14.7 Å². The minimum absolute atomic E-state index is 0.305. The first-order valence-corrected chi connectivity index (χ1v) is 5.40. The summed E-state index contributed by atoms with van der Waals surface area (Å²) >= 11 is 0. The zero-order valence-electron chi connectivity index (χ0n) is 10.5. The second-order valence-electron chi connectivity index (χ2n) is 4.18. The van der Waals surface area contributed by atoms with Crippen molar-refractivity contribution >= 4 is 11.9 Å². The van der Waals surface area contributed by atoms with Gasteiger partial charge < -0.3 is 9.84 Å². The normalized spacial score (nSPS) is 10.9. The lowest BCUT2D eigenvalue weighted by Gasteiger charge is -2.24. The first-order valence-electron chi connectivity index (χ1n) is 5.40. The molecule has 0 heterocycles. The average molecular weight is 271 g/mol. The fourth-order valence-electron chi connectivity index (χ4n) is 1.13. The number of ether oxygens (including phenoxy) is 1. The van der Waals surface area contributed by atoms with Crippen LogP contribution in [-0.4, -0.2) is 29.2 Å². The van der Waals surface area contributed by atoms with Gasteiger partial charge in [-0.1, -0.05) is 0 Å². The molecule has 0 fully saturated rings. The van der Waals surface area contributed by atoms with Crippen LogP contribution in [0.1, 0.15) is 13.8 Å². The van der Waals surface area contributed by atoms with Crippen LogP contribution < -0.4 is 10.2 Å². The fraction of sp³-hybridized carbons (Fsp3) is 0.333. The highest BCUT2D eigenvalue weighted by molar-refractivity contribution is 5.83. The van der Waals surface area contributed by atoms with Gasteiger partial charge >= 0.3 is 5.97 Å². The second kappa shape index (κ2) is 6.14. The Morgan fingerprint density at radius 3 is 2.42 bits per heavy atom. The van der Waals surface area contributed by atoms with E-state index in [2.05, 4.69) is 4.84 Å². The van der Waals surface area contributed by atoms with Gasteiger partial charge in [0.05, 0.1) is 0 Å². The van der Waals surface area contributed by atoms with Crippen molar-refractivity contribution in [3.8, 4) is 5.75 Å². The van der Waals surface area contributed by atoms with Gasteiger partial charge in [0.1, 0.15) is 11.6 Å². The highest BCUT2D eigenvalue weighted by Crippen LogP contribution is 2.18. The van der Waals surface area contributed by atoms with Gasteiger partial charge in [-0.2, -0.15) is 0 Å². The van der Waals surface area contributed by atoms with Gasteiger partial charge in [-0.15, -0.1) is 0 Å². The predicted octanol–water partition coefficient (Wildman–Crippen LogP) is 1.12. The first kappa shape index (κ1) is 14.9. The van der Waals surface area contributed by atoms with E-state index in [1.165, 1.54) is 38.1 Å². The summed E-state index contributed by atoms with van der Waals surface area (Å²) in [6, 6.07) is 5.15. The summed E-state index contributed by atoms with van der Waals surface area (Å²) in [5.41, 5.74) is 0.672. The average Bonchev–Trinajstić information content (AvgIpc) is 2.31. The molecule has 0 aromatic heterocycles. The van der Waals surface area contributed by atoms with E-state index in [9.17, 15) is 14.0 Å². The summed E-state index contributed by atoms with van der Waals surface area (Å²) in [4.78, 5) is 26.4. The summed E-state index contributed by atoms with van der Waals surface area (Å²) in [5.74, 6) is -1.98. The lowest BCUT2D eigenvalue weighted by Crippen LogP contribution is -2.46. The van der Waals surface area contributed by atoms with Crippen LogP contribution >= 0.6 is 0 Å². The van der Waals surface area contributed by atoms with E-state index in [0.717, 1.165) is 0 Å². The minimum Gasteiger partial charge on any atom is -0.479 e. The molecule has 0 saturated carbocycles. The third-order valence-electron chi connectivity index (χ3n) is 2.09. The summed E-state index contributed by atoms with van der Waals surface area (Å²) in [6.07, 6.45) is 0. The molecule has 0 aliphatic rings. The van der Waals surface area contributed by atoms with Crippen LogP contribution in [0.3, 0.4) is 0 Å². The molecule has 7 heteroatoms. The molecule has 0 bridgehead atoms. The van der Waals surface area contributed by atoms with Crippen LogP contribution in [0, 0.1) is 5.82 Å². The molecule has 6 nitrogen and oxygen atoms in total. The van der Waals surface area contributed by atoms with E-state index in [0.29, 0.717) is 5.75 Å². The Bertz CT molecular complexity index is 458. The van der Waals surface area contributed by atoms with Crippen molar-refractivity contribution in [3.05, 3.63) is 30.1 Å². The number of nitrogens with one attached hydrogen (secondary N) is 1. The van der Waals surface area contributed by atoms with E-state index in [-0.39, 0.29) is 0 Å². The Morgan fingerprint density at radius 2 is 1.89 bits per heavy atom. The molecule has 19 heavy (non-hydrogen) atoms. The molecule has 1 aromatic rings. The van der Waals surface area contributed by atoms with Crippen molar-refractivity contribution in [2.75, 3.05) is 6.61 Å². The number of hydrogen-bond acceptors (Lipinski definition) is 4. The number of carboxylic acid groups (broad SMARTS) is 1. The Balaban J connectivity index is 2.56. The molecular weight excluding hydrogens is 257 g/mol. The maximum Gasteiger partial charge on any atom is 0.332 e.